The van der Waals surface area contributed by atoms with E-state index in [0.29, 0.717) is 6.54 Å². The quantitative estimate of drug-likeness (QED) is 0.771. The molecule has 1 unspecified atom stereocenters. The highest BCUT2D eigenvalue weighted by Gasteiger charge is 2.19. The summed E-state index contributed by atoms with van der Waals surface area (Å²) in [6.45, 7) is -0.572. The second kappa shape index (κ2) is 9.90. The van der Waals surface area contributed by atoms with Crippen molar-refractivity contribution in [2.45, 2.75) is 38.8 Å². The fourth-order valence-corrected chi connectivity index (χ4v) is 2.33. The molecule has 1 atom stereocenters. The van der Waals surface area contributed by atoms with E-state index in [9.17, 15) is 13.6 Å². The van der Waals surface area contributed by atoms with Crippen molar-refractivity contribution in [3.8, 4) is 5.75 Å². The molecule has 0 fully saturated rings. The maximum Gasteiger partial charge on any atom is 0.387 e. The third-order valence-corrected chi connectivity index (χ3v) is 3.47. The van der Waals surface area contributed by atoms with Crippen LogP contribution in [-0.4, -0.2) is 25.1 Å². The molecule has 116 valence electrons. The molecule has 0 saturated carbocycles. The Kier molecular flexibility index (Phi) is 9.45. The van der Waals surface area contributed by atoms with Gasteiger partial charge in [0.15, 0.2) is 0 Å². The van der Waals surface area contributed by atoms with E-state index in [1.165, 1.54) is 11.4 Å². The summed E-state index contributed by atoms with van der Waals surface area (Å²) in [7, 11) is 0. The van der Waals surface area contributed by atoms with Crippen LogP contribution >= 0.6 is 23.7 Å². The number of amides is 1. The van der Waals surface area contributed by atoms with Crippen molar-refractivity contribution in [1.82, 2.24) is 5.32 Å². The first-order valence-electron chi connectivity index (χ1n) is 6.11. The lowest BCUT2D eigenvalue weighted by Gasteiger charge is -2.16. The molecule has 0 aliphatic rings. The average molecular weight is 329 g/mol. The minimum Gasteiger partial charge on any atom is -0.433 e. The highest BCUT2D eigenvalue weighted by Crippen LogP contribution is 2.26. The van der Waals surface area contributed by atoms with Gasteiger partial charge in [-0.25, -0.2) is 0 Å². The van der Waals surface area contributed by atoms with Crippen LogP contribution in [0.2, 0.25) is 0 Å². The first-order chi connectivity index (χ1) is 9.08. The van der Waals surface area contributed by atoms with Gasteiger partial charge in [0.2, 0.25) is 0 Å². The number of hydrogen-bond acceptors (Lipinski definition) is 4. The molecule has 1 amide bonds. The van der Waals surface area contributed by atoms with Crippen molar-refractivity contribution in [2.24, 2.45) is 5.73 Å². The fraction of sp³-hybridized carbons (Fsp3) is 0.583. The van der Waals surface area contributed by atoms with E-state index < -0.39 is 12.5 Å². The number of rotatable bonds is 8. The van der Waals surface area contributed by atoms with E-state index in [4.69, 9.17) is 5.73 Å². The number of halogens is 3. The molecule has 3 N–H and O–H groups in total. The van der Waals surface area contributed by atoms with Gasteiger partial charge < -0.3 is 15.8 Å². The van der Waals surface area contributed by atoms with Gasteiger partial charge in [0, 0.05) is 12.6 Å². The van der Waals surface area contributed by atoms with Crippen LogP contribution in [0.3, 0.4) is 0 Å². The molecule has 0 aliphatic carbocycles. The molecule has 20 heavy (non-hydrogen) atoms. The monoisotopic (exact) mass is 328 g/mol. The Morgan fingerprint density at radius 3 is 2.80 bits per heavy atom. The molecule has 1 aromatic rings. The summed E-state index contributed by atoms with van der Waals surface area (Å²) in [5, 5.41) is 4.28. The van der Waals surface area contributed by atoms with Crippen LogP contribution < -0.4 is 15.8 Å². The molecule has 0 radical (unpaired) electrons. The molecule has 0 bridgehead atoms. The number of nitrogens with one attached hydrogen (secondary N) is 1. The molecule has 8 heteroatoms. The van der Waals surface area contributed by atoms with Crippen molar-refractivity contribution in [3.05, 3.63) is 16.3 Å². The molecule has 0 aromatic carbocycles. The van der Waals surface area contributed by atoms with Gasteiger partial charge in [-0.3, -0.25) is 4.79 Å². The second-order valence-corrected chi connectivity index (χ2v) is 4.96. The first-order valence-corrected chi connectivity index (χ1v) is 6.99. The summed E-state index contributed by atoms with van der Waals surface area (Å²) in [6, 6.07) is 1.21. The molecule has 0 saturated heterocycles. The molecule has 1 aromatic heterocycles. The van der Waals surface area contributed by atoms with Gasteiger partial charge >= 0.3 is 6.61 Å². The number of hydrogen-bond donors (Lipinski definition) is 2. The fourth-order valence-electron chi connectivity index (χ4n) is 1.60. The Labute approximate surface area is 127 Å². The average Bonchev–Trinajstić information content (AvgIpc) is 2.81. The Bertz CT molecular complexity index is 405. The number of carbonyl (C=O) groups is 1. The van der Waals surface area contributed by atoms with Crippen LogP contribution in [0.4, 0.5) is 8.78 Å². The van der Waals surface area contributed by atoms with Gasteiger partial charge in [-0.1, -0.05) is 19.8 Å². The molecule has 0 aliphatic heterocycles. The van der Waals surface area contributed by atoms with Gasteiger partial charge in [0.05, 0.1) is 0 Å². The van der Waals surface area contributed by atoms with Crippen LogP contribution in [-0.2, 0) is 0 Å². The molecule has 4 nitrogen and oxygen atoms in total. The van der Waals surface area contributed by atoms with Gasteiger partial charge in [-0.2, -0.15) is 8.78 Å². The third-order valence-electron chi connectivity index (χ3n) is 2.58. The highest BCUT2D eigenvalue weighted by molar-refractivity contribution is 7.12. The van der Waals surface area contributed by atoms with Crippen LogP contribution in [0.1, 0.15) is 35.9 Å². The minimum atomic E-state index is -2.94. The van der Waals surface area contributed by atoms with Crippen molar-refractivity contribution < 1.29 is 18.3 Å². The lowest BCUT2D eigenvalue weighted by atomic mass is 10.1. The predicted molar refractivity (Wildman–Crippen MR) is 78.0 cm³/mol. The van der Waals surface area contributed by atoms with E-state index in [1.54, 1.807) is 0 Å². The number of carbonyl (C=O) groups excluding carboxylic acids is 1. The Hall–Kier alpha value is -0.920. The number of thiophene rings is 1. The van der Waals surface area contributed by atoms with Crippen molar-refractivity contribution in [3.63, 3.8) is 0 Å². The smallest absolute Gasteiger partial charge is 0.387 e. The highest BCUT2D eigenvalue weighted by atomic mass is 35.5. The zero-order chi connectivity index (χ0) is 14.3. The number of ether oxygens (including phenoxy) is 1. The summed E-state index contributed by atoms with van der Waals surface area (Å²) < 4.78 is 28.6. The second-order valence-electron chi connectivity index (χ2n) is 4.04. The number of alkyl halides is 2. The first kappa shape index (κ1) is 19.1. The maximum absolute atomic E-state index is 12.2. The van der Waals surface area contributed by atoms with Gasteiger partial charge in [0.25, 0.3) is 5.91 Å². The standard InChI is InChI=1S/C12H18F2N2O2S.ClH/c1-2-3-4-8(7-15)16-11(17)10-9(5-6-19-10)18-12(13)14;/h5-6,8,12H,2-4,7,15H2,1H3,(H,16,17);1H. The van der Waals surface area contributed by atoms with Gasteiger partial charge in [-0.05, 0) is 17.9 Å². The molecular weight excluding hydrogens is 310 g/mol. The van der Waals surface area contributed by atoms with Crippen molar-refractivity contribution in [2.75, 3.05) is 6.54 Å². The van der Waals surface area contributed by atoms with Crippen LogP contribution in [0.25, 0.3) is 0 Å². The topological polar surface area (TPSA) is 64.3 Å². The van der Waals surface area contributed by atoms with E-state index >= 15 is 0 Å². The zero-order valence-electron chi connectivity index (χ0n) is 11.1. The maximum atomic E-state index is 12.2. The van der Waals surface area contributed by atoms with Gasteiger partial charge in [-0.15, -0.1) is 23.7 Å². The summed E-state index contributed by atoms with van der Waals surface area (Å²) in [4.78, 5) is 12.1. The SMILES string of the molecule is CCCCC(CN)NC(=O)c1sccc1OC(F)F.Cl. The summed E-state index contributed by atoms with van der Waals surface area (Å²) in [6.07, 6.45) is 2.73. The number of unbranched alkanes of at least 4 members (excludes halogenated alkanes) is 1. The Morgan fingerprint density at radius 2 is 2.25 bits per heavy atom. The predicted octanol–water partition coefficient (Wildman–Crippen LogP) is 3.02. The summed E-state index contributed by atoms with van der Waals surface area (Å²) in [5.74, 6) is -0.513. The molecular formula is C12H19ClF2N2O2S. The minimum absolute atomic E-state index is 0. The largest absolute Gasteiger partial charge is 0.433 e. The normalized spacial score (nSPS) is 11.8. The number of nitrogens with two attached hydrogens (primary N) is 1. The van der Waals surface area contributed by atoms with Gasteiger partial charge in [0.1, 0.15) is 10.6 Å². The van der Waals surface area contributed by atoms with Crippen LogP contribution in [0.15, 0.2) is 11.4 Å². The van der Waals surface area contributed by atoms with Crippen molar-refractivity contribution >= 4 is 29.7 Å². The lowest BCUT2D eigenvalue weighted by molar-refractivity contribution is -0.0498. The van der Waals surface area contributed by atoms with Crippen LogP contribution in [0, 0.1) is 0 Å². The van der Waals surface area contributed by atoms with Crippen molar-refractivity contribution in [1.29, 1.82) is 0 Å². The van der Waals surface area contributed by atoms with E-state index in [-0.39, 0.29) is 29.1 Å². The summed E-state index contributed by atoms with van der Waals surface area (Å²) >= 11 is 1.06. The lowest BCUT2D eigenvalue weighted by Crippen LogP contribution is -2.40. The zero-order valence-corrected chi connectivity index (χ0v) is 12.7. The van der Waals surface area contributed by atoms with E-state index in [0.717, 1.165) is 30.6 Å². The Balaban J connectivity index is 0.00000361. The third kappa shape index (κ3) is 6.02. The van der Waals surface area contributed by atoms with Crippen LogP contribution in [0.5, 0.6) is 5.75 Å². The molecule has 1 heterocycles. The Morgan fingerprint density at radius 1 is 1.55 bits per heavy atom. The molecule has 1 rings (SSSR count). The summed E-state index contributed by atoms with van der Waals surface area (Å²) in [5.41, 5.74) is 5.57. The van der Waals surface area contributed by atoms with E-state index in [1.807, 2.05) is 6.92 Å². The van der Waals surface area contributed by atoms with E-state index in [2.05, 4.69) is 10.1 Å². The molecule has 0 spiro atoms.